The van der Waals surface area contributed by atoms with Crippen LogP contribution in [0.15, 0.2) is 47.6 Å². The minimum Gasteiger partial charge on any atom is -0.435 e. The van der Waals surface area contributed by atoms with E-state index in [9.17, 15) is 26.7 Å². The summed E-state index contributed by atoms with van der Waals surface area (Å²) in [7, 11) is 0. The van der Waals surface area contributed by atoms with Crippen molar-refractivity contribution in [2.75, 3.05) is 5.75 Å². The summed E-state index contributed by atoms with van der Waals surface area (Å²) in [5.74, 6) is -0.326. The van der Waals surface area contributed by atoms with Gasteiger partial charge < -0.3 is 9.30 Å². The SMILES string of the molecule is Cc1cc(C(=O)CSc2ncc(C(F)(F)F)cc2Cl)c(C)n1-c1ccc(OC(F)F)cc1. The zero-order valence-corrected chi connectivity index (χ0v) is 18.3. The van der Waals surface area contributed by atoms with Gasteiger partial charge in [-0.2, -0.15) is 22.0 Å². The lowest BCUT2D eigenvalue weighted by Gasteiger charge is -2.11. The maximum absolute atomic E-state index is 12.8. The number of benzene rings is 1. The smallest absolute Gasteiger partial charge is 0.417 e. The molecule has 0 radical (unpaired) electrons. The highest BCUT2D eigenvalue weighted by Gasteiger charge is 2.31. The van der Waals surface area contributed by atoms with Crippen LogP contribution in [0.25, 0.3) is 5.69 Å². The minimum atomic E-state index is -4.56. The molecule has 2 heterocycles. The van der Waals surface area contributed by atoms with Crippen LogP contribution in [0.1, 0.15) is 27.3 Å². The molecule has 1 aromatic carbocycles. The standard InChI is InChI=1S/C21H16ClF5N2O2S/c1-11-7-16(12(2)29(11)14-3-5-15(6-4-14)31-20(23)24)18(30)10-32-19-17(22)8-13(9-28-19)21(25,26)27/h3-9,20H,10H2,1-2H3. The molecule has 3 rings (SSSR count). The van der Waals surface area contributed by atoms with E-state index in [0.29, 0.717) is 23.1 Å². The molecule has 0 saturated heterocycles. The maximum Gasteiger partial charge on any atom is 0.417 e. The van der Waals surface area contributed by atoms with E-state index in [-0.39, 0.29) is 27.3 Å². The number of thioether (sulfide) groups is 1. The summed E-state index contributed by atoms with van der Waals surface area (Å²) in [5, 5.41) is -0.0642. The molecule has 170 valence electrons. The number of hydrogen-bond donors (Lipinski definition) is 0. The Kier molecular flexibility index (Phi) is 7.14. The number of pyridine rings is 1. The van der Waals surface area contributed by atoms with Crippen molar-refractivity contribution in [1.82, 2.24) is 9.55 Å². The molecular formula is C21H16ClF5N2O2S. The Hall–Kier alpha value is -2.59. The van der Waals surface area contributed by atoms with Crippen LogP contribution in [0.5, 0.6) is 5.75 Å². The highest BCUT2D eigenvalue weighted by atomic mass is 35.5. The van der Waals surface area contributed by atoms with Crippen molar-refractivity contribution < 1.29 is 31.5 Å². The van der Waals surface area contributed by atoms with Crippen LogP contribution < -0.4 is 4.74 Å². The highest BCUT2D eigenvalue weighted by molar-refractivity contribution is 8.00. The van der Waals surface area contributed by atoms with E-state index in [0.717, 1.165) is 23.5 Å². The number of aromatic nitrogens is 2. The monoisotopic (exact) mass is 490 g/mol. The lowest BCUT2D eigenvalue weighted by molar-refractivity contribution is -0.137. The van der Waals surface area contributed by atoms with E-state index in [1.807, 2.05) is 0 Å². The Bertz CT molecular complexity index is 1130. The van der Waals surface area contributed by atoms with E-state index in [4.69, 9.17) is 11.6 Å². The van der Waals surface area contributed by atoms with Crippen LogP contribution in [0.2, 0.25) is 5.02 Å². The van der Waals surface area contributed by atoms with Crippen LogP contribution in [-0.4, -0.2) is 27.7 Å². The molecule has 0 unspecified atom stereocenters. The van der Waals surface area contributed by atoms with Gasteiger partial charge in [-0.25, -0.2) is 4.98 Å². The van der Waals surface area contributed by atoms with Crippen LogP contribution in [0.4, 0.5) is 22.0 Å². The van der Waals surface area contributed by atoms with Gasteiger partial charge in [0.25, 0.3) is 0 Å². The molecule has 2 aromatic heterocycles. The van der Waals surface area contributed by atoms with Gasteiger partial charge in [0, 0.05) is 28.8 Å². The predicted octanol–water partition coefficient (Wildman–Crippen LogP) is 6.74. The fourth-order valence-corrected chi connectivity index (χ4v) is 4.19. The molecule has 0 atom stereocenters. The molecule has 0 aliphatic rings. The van der Waals surface area contributed by atoms with Gasteiger partial charge >= 0.3 is 12.8 Å². The van der Waals surface area contributed by atoms with Crippen molar-refractivity contribution in [3.63, 3.8) is 0 Å². The van der Waals surface area contributed by atoms with Crippen molar-refractivity contribution in [2.24, 2.45) is 0 Å². The molecular weight excluding hydrogens is 475 g/mol. The summed E-state index contributed by atoms with van der Waals surface area (Å²) in [6.07, 6.45) is -3.89. The summed E-state index contributed by atoms with van der Waals surface area (Å²) in [4.78, 5) is 16.5. The Balaban J connectivity index is 1.76. The lowest BCUT2D eigenvalue weighted by atomic mass is 10.2. The molecule has 0 saturated carbocycles. The van der Waals surface area contributed by atoms with Crippen molar-refractivity contribution in [3.05, 3.63) is 70.1 Å². The summed E-state index contributed by atoms with van der Waals surface area (Å²) in [6.45, 7) is 0.595. The van der Waals surface area contributed by atoms with E-state index in [2.05, 4.69) is 9.72 Å². The lowest BCUT2D eigenvalue weighted by Crippen LogP contribution is -2.07. The fourth-order valence-electron chi connectivity index (χ4n) is 3.12. The zero-order chi connectivity index (χ0) is 23.6. The van der Waals surface area contributed by atoms with E-state index < -0.39 is 18.4 Å². The number of alkyl halides is 5. The minimum absolute atomic E-state index is 0.0137. The number of hydrogen-bond acceptors (Lipinski definition) is 4. The van der Waals surface area contributed by atoms with Crippen molar-refractivity contribution in [2.45, 2.75) is 31.7 Å². The molecule has 0 bridgehead atoms. The third kappa shape index (κ3) is 5.42. The van der Waals surface area contributed by atoms with E-state index in [1.165, 1.54) is 12.1 Å². The second-order valence-electron chi connectivity index (χ2n) is 6.71. The molecule has 0 fully saturated rings. The zero-order valence-electron chi connectivity index (χ0n) is 16.7. The first-order valence-electron chi connectivity index (χ1n) is 9.10. The number of nitrogens with zero attached hydrogens (tertiary/aromatic N) is 2. The fraction of sp³-hybridized carbons (Fsp3) is 0.238. The van der Waals surface area contributed by atoms with Gasteiger partial charge in [0.2, 0.25) is 0 Å². The first kappa shape index (κ1) is 24.1. The summed E-state index contributed by atoms with van der Waals surface area (Å²) < 4.78 is 69.0. The van der Waals surface area contributed by atoms with Gasteiger partial charge in [-0.1, -0.05) is 23.4 Å². The first-order chi connectivity index (χ1) is 15.0. The molecule has 11 heteroatoms. The molecule has 0 N–H and O–H groups in total. The summed E-state index contributed by atoms with van der Waals surface area (Å²) in [5.41, 5.74) is 1.48. The van der Waals surface area contributed by atoms with Crippen molar-refractivity contribution in [1.29, 1.82) is 0 Å². The molecule has 0 amide bonds. The van der Waals surface area contributed by atoms with Gasteiger partial charge in [-0.15, -0.1) is 0 Å². The van der Waals surface area contributed by atoms with E-state index in [1.54, 1.807) is 36.6 Å². The molecule has 4 nitrogen and oxygen atoms in total. The Labute approximate surface area is 189 Å². The Morgan fingerprint density at radius 2 is 1.84 bits per heavy atom. The number of ketones is 1. The number of halogens is 6. The molecule has 0 aliphatic carbocycles. The number of Topliss-reactive ketones (excluding diaryl/α,β-unsaturated/α-hetero) is 1. The second kappa shape index (κ2) is 9.50. The molecule has 0 aliphatic heterocycles. The number of aryl methyl sites for hydroxylation is 1. The van der Waals surface area contributed by atoms with Crippen molar-refractivity contribution >= 4 is 29.1 Å². The number of carbonyl (C=O) groups is 1. The quantitative estimate of drug-likeness (QED) is 0.209. The highest BCUT2D eigenvalue weighted by Crippen LogP contribution is 2.34. The van der Waals surface area contributed by atoms with Gasteiger partial charge in [0.1, 0.15) is 10.8 Å². The van der Waals surface area contributed by atoms with Crippen LogP contribution >= 0.6 is 23.4 Å². The van der Waals surface area contributed by atoms with Crippen LogP contribution in [0, 0.1) is 13.8 Å². The number of carbonyl (C=O) groups excluding carboxylic acids is 1. The molecule has 0 spiro atoms. The average molecular weight is 491 g/mol. The molecule has 3 aromatic rings. The molecule has 32 heavy (non-hydrogen) atoms. The van der Waals surface area contributed by atoms with Crippen LogP contribution in [0.3, 0.4) is 0 Å². The largest absolute Gasteiger partial charge is 0.435 e. The normalized spacial score (nSPS) is 11.8. The number of rotatable bonds is 7. The third-order valence-electron chi connectivity index (χ3n) is 4.53. The third-order valence-corrected chi connectivity index (χ3v) is 5.93. The predicted molar refractivity (Wildman–Crippen MR) is 111 cm³/mol. The van der Waals surface area contributed by atoms with Gasteiger partial charge in [-0.3, -0.25) is 4.79 Å². The first-order valence-corrected chi connectivity index (χ1v) is 10.5. The van der Waals surface area contributed by atoms with E-state index >= 15 is 0 Å². The Morgan fingerprint density at radius 1 is 1.19 bits per heavy atom. The van der Waals surface area contributed by atoms with Gasteiger partial charge in [0.05, 0.1) is 16.3 Å². The van der Waals surface area contributed by atoms with Crippen LogP contribution in [-0.2, 0) is 6.18 Å². The van der Waals surface area contributed by atoms with Gasteiger partial charge in [-0.05, 0) is 50.2 Å². The topological polar surface area (TPSA) is 44.1 Å². The second-order valence-corrected chi connectivity index (χ2v) is 8.08. The maximum atomic E-state index is 12.8. The van der Waals surface area contributed by atoms with Gasteiger partial charge in [0.15, 0.2) is 5.78 Å². The number of ether oxygens (including phenoxy) is 1. The summed E-state index contributed by atoms with van der Waals surface area (Å²) in [6, 6.07) is 8.43. The Morgan fingerprint density at radius 3 is 2.41 bits per heavy atom. The average Bonchev–Trinajstić information content (AvgIpc) is 3.00. The summed E-state index contributed by atoms with van der Waals surface area (Å²) >= 11 is 6.83. The van der Waals surface area contributed by atoms with Crippen molar-refractivity contribution in [3.8, 4) is 11.4 Å².